The lowest BCUT2D eigenvalue weighted by molar-refractivity contribution is 0.102. The van der Waals surface area contributed by atoms with Crippen molar-refractivity contribution in [2.75, 3.05) is 25.8 Å². The van der Waals surface area contributed by atoms with E-state index in [4.69, 9.17) is 9.47 Å². The Kier molecular flexibility index (Phi) is 6.05. The molecule has 0 unspecified atom stereocenters. The molecule has 0 heterocycles. The Hall–Kier alpha value is -2.80. The molecule has 0 saturated heterocycles. The summed E-state index contributed by atoms with van der Waals surface area (Å²) in [6.45, 7) is 1.86. The first-order valence-corrected chi connectivity index (χ1v) is 9.69. The minimum atomic E-state index is -3.28. The number of allylic oxidation sites excluding steroid dienone is 1. The van der Waals surface area contributed by atoms with E-state index < -0.39 is 9.84 Å². The predicted octanol–water partition coefficient (Wildman–Crippen LogP) is 3.39. The number of hydrogen-bond acceptors (Lipinski definition) is 5. The number of rotatable bonds is 6. The van der Waals surface area contributed by atoms with Gasteiger partial charge in [0.1, 0.15) is 0 Å². The molecule has 2 aromatic rings. The number of carbonyl (C=O) groups is 1. The molecule has 0 aliphatic rings. The lowest BCUT2D eigenvalue weighted by atomic mass is 10.1. The number of methoxy groups -OCH3 is 2. The molecule has 138 valence electrons. The molecule has 0 bridgehead atoms. The third-order valence-corrected chi connectivity index (χ3v) is 4.78. The zero-order valence-corrected chi connectivity index (χ0v) is 15.9. The molecule has 0 atom stereocenters. The first kappa shape index (κ1) is 19.5. The molecule has 0 aromatic heterocycles. The van der Waals surface area contributed by atoms with E-state index in [-0.39, 0.29) is 10.8 Å². The molecule has 1 amide bonds. The third kappa shape index (κ3) is 4.43. The smallest absolute Gasteiger partial charge is 0.255 e. The van der Waals surface area contributed by atoms with Gasteiger partial charge in [-0.3, -0.25) is 4.79 Å². The van der Waals surface area contributed by atoms with Crippen LogP contribution in [-0.4, -0.2) is 34.8 Å². The molecule has 26 heavy (non-hydrogen) atoms. The SMILES string of the molecule is C/C=C/c1cc(C(=O)Nc2ccc(S(C)(=O)=O)cc2)cc(OC)c1OC. The molecular weight excluding hydrogens is 354 g/mol. The van der Waals surface area contributed by atoms with Gasteiger partial charge in [-0.2, -0.15) is 0 Å². The first-order chi connectivity index (χ1) is 12.3. The molecule has 0 spiro atoms. The fourth-order valence-corrected chi connectivity index (χ4v) is 3.05. The molecular formula is C19H21NO5S. The maximum Gasteiger partial charge on any atom is 0.255 e. The minimum Gasteiger partial charge on any atom is -0.493 e. The Morgan fingerprint density at radius 1 is 1.08 bits per heavy atom. The zero-order chi connectivity index (χ0) is 19.3. The van der Waals surface area contributed by atoms with Crippen LogP contribution in [0.4, 0.5) is 5.69 Å². The van der Waals surface area contributed by atoms with Crippen LogP contribution < -0.4 is 14.8 Å². The Bertz CT molecular complexity index is 931. The van der Waals surface area contributed by atoms with Crippen molar-refractivity contribution in [1.82, 2.24) is 0 Å². The maximum absolute atomic E-state index is 12.6. The van der Waals surface area contributed by atoms with Crippen LogP contribution in [0.1, 0.15) is 22.8 Å². The van der Waals surface area contributed by atoms with E-state index in [2.05, 4.69) is 5.32 Å². The Labute approximate surface area is 153 Å². The molecule has 6 nitrogen and oxygen atoms in total. The van der Waals surface area contributed by atoms with Gasteiger partial charge >= 0.3 is 0 Å². The van der Waals surface area contributed by atoms with Crippen LogP contribution >= 0.6 is 0 Å². The highest BCUT2D eigenvalue weighted by atomic mass is 32.2. The summed E-state index contributed by atoms with van der Waals surface area (Å²) in [5.74, 6) is 0.643. The number of hydrogen-bond donors (Lipinski definition) is 1. The third-order valence-electron chi connectivity index (χ3n) is 3.66. The van der Waals surface area contributed by atoms with Crippen molar-refractivity contribution in [3.05, 3.63) is 53.6 Å². The summed E-state index contributed by atoms with van der Waals surface area (Å²) in [6, 6.07) is 9.27. The van der Waals surface area contributed by atoms with Crippen LogP contribution in [0.25, 0.3) is 6.08 Å². The second-order valence-electron chi connectivity index (χ2n) is 5.55. The number of benzene rings is 2. The molecule has 0 saturated carbocycles. The second kappa shape index (κ2) is 8.05. The van der Waals surface area contributed by atoms with Gasteiger partial charge < -0.3 is 14.8 Å². The quantitative estimate of drug-likeness (QED) is 0.837. The van der Waals surface area contributed by atoms with Crippen molar-refractivity contribution in [1.29, 1.82) is 0 Å². The van der Waals surface area contributed by atoms with E-state index in [0.29, 0.717) is 28.3 Å². The van der Waals surface area contributed by atoms with E-state index in [1.807, 2.05) is 19.1 Å². The van der Waals surface area contributed by atoms with Crippen LogP contribution in [0, 0.1) is 0 Å². The zero-order valence-electron chi connectivity index (χ0n) is 15.1. The van der Waals surface area contributed by atoms with Crippen LogP contribution in [0.15, 0.2) is 47.4 Å². The van der Waals surface area contributed by atoms with Crippen molar-refractivity contribution in [2.45, 2.75) is 11.8 Å². The molecule has 1 N–H and O–H groups in total. The van der Waals surface area contributed by atoms with E-state index in [1.165, 1.54) is 26.4 Å². The standard InChI is InChI=1S/C19H21NO5S/c1-5-6-13-11-14(12-17(24-2)18(13)25-3)19(21)20-15-7-9-16(10-8-15)26(4,22)23/h5-12H,1-4H3,(H,20,21)/b6-5+. The average Bonchev–Trinajstić information content (AvgIpc) is 2.60. The highest BCUT2D eigenvalue weighted by molar-refractivity contribution is 7.90. The summed E-state index contributed by atoms with van der Waals surface area (Å²) in [7, 11) is -0.241. The predicted molar refractivity (Wildman–Crippen MR) is 102 cm³/mol. The van der Waals surface area contributed by atoms with Crippen molar-refractivity contribution < 1.29 is 22.7 Å². The van der Waals surface area contributed by atoms with E-state index in [0.717, 1.165) is 6.26 Å². The lowest BCUT2D eigenvalue weighted by Gasteiger charge is -2.13. The van der Waals surface area contributed by atoms with E-state index in [9.17, 15) is 13.2 Å². The number of carbonyl (C=O) groups excluding carboxylic acids is 1. The summed E-state index contributed by atoms with van der Waals surface area (Å²) in [4.78, 5) is 12.8. The van der Waals surface area contributed by atoms with Crippen LogP contribution in [0.3, 0.4) is 0 Å². The molecule has 7 heteroatoms. The van der Waals surface area contributed by atoms with Crippen LogP contribution in [-0.2, 0) is 9.84 Å². The van der Waals surface area contributed by atoms with E-state index >= 15 is 0 Å². The largest absolute Gasteiger partial charge is 0.493 e. The monoisotopic (exact) mass is 375 g/mol. The highest BCUT2D eigenvalue weighted by Gasteiger charge is 2.15. The molecule has 0 radical (unpaired) electrons. The van der Waals surface area contributed by atoms with E-state index in [1.54, 1.807) is 24.3 Å². The van der Waals surface area contributed by atoms with Gasteiger partial charge in [0, 0.05) is 23.1 Å². The molecule has 2 rings (SSSR count). The fourth-order valence-electron chi connectivity index (χ4n) is 2.42. The summed E-state index contributed by atoms with van der Waals surface area (Å²) in [5.41, 5.74) is 1.60. The number of nitrogens with one attached hydrogen (secondary N) is 1. The topological polar surface area (TPSA) is 81.7 Å². The second-order valence-corrected chi connectivity index (χ2v) is 7.57. The Balaban J connectivity index is 2.33. The normalized spacial score (nSPS) is 11.4. The van der Waals surface area contributed by atoms with Crippen molar-refractivity contribution in [2.24, 2.45) is 0 Å². The molecule has 0 aliphatic heterocycles. The van der Waals surface area contributed by atoms with Gasteiger partial charge in [0.2, 0.25) is 0 Å². The van der Waals surface area contributed by atoms with Gasteiger partial charge in [-0.05, 0) is 43.3 Å². The van der Waals surface area contributed by atoms with Crippen molar-refractivity contribution in [3.8, 4) is 11.5 Å². The average molecular weight is 375 g/mol. The van der Waals surface area contributed by atoms with Gasteiger partial charge in [0.15, 0.2) is 21.3 Å². The number of anilines is 1. The highest BCUT2D eigenvalue weighted by Crippen LogP contribution is 2.33. The summed E-state index contributed by atoms with van der Waals surface area (Å²) < 4.78 is 33.7. The number of sulfone groups is 1. The van der Waals surface area contributed by atoms with Gasteiger partial charge in [0.25, 0.3) is 5.91 Å². The Morgan fingerprint density at radius 2 is 1.73 bits per heavy atom. The van der Waals surface area contributed by atoms with Gasteiger partial charge in [0.05, 0.1) is 19.1 Å². The number of ether oxygens (including phenoxy) is 2. The summed E-state index contributed by atoms with van der Waals surface area (Å²) in [5, 5.41) is 2.74. The van der Waals surface area contributed by atoms with Gasteiger partial charge in [-0.15, -0.1) is 0 Å². The van der Waals surface area contributed by atoms with Crippen molar-refractivity contribution >= 4 is 27.5 Å². The first-order valence-electron chi connectivity index (χ1n) is 7.80. The summed E-state index contributed by atoms with van der Waals surface area (Å²) in [6.07, 6.45) is 4.79. The molecule has 2 aromatic carbocycles. The fraction of sp³-hybridized carbons (Fsp3) is 0.211. The Morgan fingerprint density at radius 3 is 2.23 bits per heavy atom. The number of amides is 1. The maximum atomic E-state index is 12.6. The summed E-state index contributed by atoms with van der Waals surface area (Å²) >= 11 is 0. The van der Waals surface area contributed by atoms with Gasteiger partial charge in [-0.1, -0.05) is 12.2 Å². The minimum absolute atomic E-state index is 0.192. The van der Waals surface area contributed by atoms with Crippen molar-refractivity contribution in [3.63, 3.8) is 0 Å². The van der Waals surface area contributed by atoms with Gasteiger partial charge in [-0.25, -0.2) is 8.42 Å². The van der Waals surface area contributed by atoms with Crippen LogP contribution in [0.5, 0.6) is 11.5 Å². The van der Waals surface area contributed by atoms with Crippen LogP contribution in [0.2, 0.25) is 0 Å². The molecule has 0 fully saturated rings. The lowest BCUT2D eigenvalue weighted by Crippen LogP contribution is -2.13. The molecule has 0 aliphatic carbocycles.